The van der Waals surface area contributed by atoms with Gasteiger partial charge in [-0.2, -0.15) is 0 Å². The predicted molar refractivity (Wildman–Crippen MR) is 79.5 cm³/mol. The molecular formula is C17H25NO. The Labute approximate surface area is 116 Å². The van der Waals surface area contributed by atoms with E-state index in [1.54, 1.807) is 0 Å². The fraction of sp³-hybridized carbons (Fsp3) is 0.588. The number of benzene rings is 1. The first kappa shape index (κ1) is 14.1. The first-order chi connectivity index (χ1) is 9.26. The number of piperidine rings is 1. The standard InChI is InChI=1S/C17H25NO/c1-3-14(4-2)15-9-8-10-16(13-15)17(19)18-11-6-5-7-12-18/h8-10,13-14H,3-7,11-12H2,1-2H3. The molecule has 0 spiro atoms. The van der Waals surface area contributed by atoms with Gasteiger partial charge in [-0.1, -0.05) is 26.0 Å². The Morgan fingerprint density at radius 1 is 1.16 bits per heavy atom. The highest BCUT2D eigenvalue weighted by atomic mass is 16.2. The zero-order chi connectivity index (χ0) is 13.7. The van der Waals surface area contributed by atoms with E-state index < -0.39 is 0 Å². The van der Waals surface area contributed by atoms with Gasteiger partial charge in [0.2, 0.25) is 0 Å². The SMILES string of the molecule is CCC(CC)c1cccc(C(=O)N2CCCCC2)c1. The fourth-order valence-electron chi connectivity index (χ4n) is 2.97. The first-order valence-electron chi connectivity index (χ1n) is 7.65. The Morgan fingerprint density at radius 3 is 2.47 bits per heavy atom. The molecule has 1 aliphatic rings. The fourth-order valence-corrected chi connectivity index (χ4v) is 2.97. The predicted octanol–water partition coefficient (Wildman–Crippen LogP) is 4.22. The Balaban J connectivity index is 2.15. The number of amides is 1. The second-order valence-corrected chi connectivity index (χ2v) is 5.49. The minimum Gasteiger partial charge on any atom is -0.339 e. The quantitative estimate of drug-likeness (QED) is 0.793. The van der Waals surface area contributed by atoms with Crippen LogP contribution in [0.15, 0.2) is 24.3 Å². The molecule has 1 heterocycles. The molecule has 0 N–H and O–H groups in total. The van der Waals surface area contributed by atoms with Crippen molar-refractivity contribution in [1.29, 1.82) is 0 Å². The zero-order valence-electron chi connectivity index (χ0n) is 12.2. The van der Waals surface area contributed by atoms with Gasteiger partial charge in [-0.25, -0.2) is 0 Å². The molecule has 0 unspecified atom stereocenters. The number of likely N-dealkylation sites (tertiary alicyclic amines) is 1. The molecule has 1 saturated heterocycles. The molecule has 2 nitrogen and oxygen atoms in total. The van der Waals surface area contributed by atoms with Crippen LogP contribution in [0.25, 0.3) is 0 Å². The summed E-state index contributed by atoms with van der Waals surface area (Å²) in [5.74, 6) is 0.793. The van der Waals surface area contributed by atoms with E-state index in [0.717, 1.165) is 44.3 Å². The van der Waals surface area contributed by atoms with Crippen molar-refractivity contribution in [2.45, 2.75) is 51.9 Å². The molecule has 0 bridgehead atoms. The van der Waals surface area contributed by atoms with Crippen LogP contribution in [0.3, 0.4) is 0 Å². The van der Waals surface area contributed by atoms with E-state index in [4.69, 9.17) is 0 Å². The van der Waals surface area contributed by atoms with E-state index >= 15 is 0 Å². The third-order valence-electron chi connectivity index (χ3n) is 4.23. The van der Waals surface area contributed by atoms with Gasteiger partial charge < -0.3 is 4.90 Å². The minimum absolute atomic E-state index is 0.215. The van der Waals surface area contributed by atoms with E-state index in [1.807, 2.05) is 17.0 Å². The van der Waals surface area contributed by atoms with Crippen molar-refractivity contribution < 1.29 is 4.79 Å². The van der Waals surface area contributed by atoms with Crippen molar-refractivity contribution in [1.82, 2.24) is 4.90 Å². The summed E-state index contributed by atoms with van der Waals surface area (Å²) >= 11 is 0. The van der Waals surface area contributed by atoms with Crippen LogP contribution in [0.5, 0.6) is 0 Å². The smallest absolute Gasteiger partial charge is 0.253 e. The summed E-state index contributed by atoms with van der Waals surface area (Å²) in [5.41, 5.74) is 2.18. The molecule has 0 atom stereocenters. The summed E-state index contributed by atoms with van der Waals surface area (Å²) in [6.45, 7) is 6.28. The summed E-state index contributed by atoms with van der Waals surface area (Å²) in [7, 11) is 0. The third kappa shape index (κ3) is 3.37. The molecule has 0 saturated carbocycles. The van der Waals surface area contributed by atoms with E-state index in [9.17, 15) is 4.79 Å². The Kier molecular flexibility index (Phi) is 5.00. The van der Waals surface area contributed by atoms with Crippen LogP contribution in [0.1, 0.15) is 67.8 Å². The van der Waals surface area contributed by atoms with Crippen molar-refractivity contribution in [2.24, 2.45) is 0 Å². The molecule has 1 aromatic rings. The number of carbonyl (C=O) groups is 1. The Hall–Kier alpha value is -1.31. The van der Waals surface area contributed by atoms with Crippen molar-refractivity contribution >= 4 is 5.91 Å². The van der Waals surface area contributed by atoms with E-state index in [-0.39, 0.29) is 5.91 Å². The van der Waals surface area contributed by atoms with Gasteiger partial charge in [0.05, 0.1) is 0 Å². The molecule has 1 amide bonds. The van der Waals surface area contributed by atoms with Crippen molar-refractivity contribution in [3.8, 4) is 0 Å². The summed E-state index contributed by atoms with van der Waals surface area (Å²) < 4.78 is 0. The maximum Gasteiger partial charge on any atom is 0.253 e. The minimum atomic E-state index is 0.215. The Bertz CT molecular complexity index is 417. The van der Waals surface area contributed by atoms with E-state index in [1.165, 1.54) is 12.0 Å². The lowest BCUT2D eigenvalue weighted by atomic mass is 9.92. The van der Waals surface area contributed by atoms with Crippen LogP contribution >= 0.6 is 0 Å². The van der Waals surface area contributed by atoms with E-state index in [2.05, 4.69) is 26.0 Å². The van der Waals surface area contributed by atoms with Gasteiger partial charge in [-0.15, -0.1) is 0 Å². The summed E-state index contributed by atoms with van der Waals surface area (Å²) in [6.07, 6.45) is 5.84. The van der Waals surface area contributed by atoms with Gasteiger partial charge in [0.25, 0.3) is 5.91 Å². The first-order valence-corrected chi connectivity index (χ1v) is 7.65. The second kappa shape index (κ2) is 6.74. The lowest BCUT2D eigenvalue weighted by molar-refractivity contribution is 0.0724. The molecule has 104 valence electrons. The highest BCUT2D eigenvalue weighted by Crippen LogP contribution is 2.24. The monoisotopic (exact) mass is 259 g/mol. The number of rotatable bonds is 4. The van der Waals surface area contributed by atoms with Gasteiger partial charge in [0, 0.05) is 18.7 Å². The zero-order valence-corrected chi connectivity index (χ0v) is 12.2. The lowest BCUT2D eigenvalue weighted by Gasteiger charge is -2.27. The van der Waals surface area contributed by atoms with Crippen LogP contribution in [0.2, 0.25) is 0 Å². The van der Waals surface area contributed by atoms with Crippen molar-refractivity contribution in [3.63, 3.8) is 0 Å². The molecule has 0 radical (unpaired) electrons. The van der Waals surface area contributed by atoms with Crippen molar-refractivity contribution in [2.75, 3.05) is 13.1 Å². The third-order valence-corrected chi connectivity index (χ3v) is 4.23. The van der Waals surface area contributed by atoms with Gasteiger partial charge in [-0.05, 0) is 55.7 Å². The highest BCUT2D eigenvalue weighted by Gasteiger charge is 2.19. The molecule has 0 aromatic heterocycles. The molecule has 19 heavy (non-hydrogen) atoms. The van der Waals surface area contributed by atoms with Gasteiger partial charge in [-0.3, -0.25) is 4.79 Å². The maximum absolute atomic E-state index is 12.5. The van der Waals surface area contributed by atoms with Crippen LogP contribution < -0.4 is 0 Å². The number of nitrogens with zero attached hydrogens (tertiary/aromatic N) is 1. The Morgan fingerprint density at radius 2 is 1.84 bits per heavy atom. The van der Waals surface area contributed by atoms with Crippen molar-refractivity contribution in [3.05, 3.63) is 35.4 Å². The lowest BCUT2D eigenvalue weighted by Crippen LogP contribution is -2.35. The van der Waals surface area contributed by atoms with Crippen LogP contribution in [0.4, 0.5) is 0 Å². The van der Waals surface area contributed by atoms with Crippen LogP contribution in [-0.4, -0.2) is 23.9 Å². The summed E-state index contributed by atoms with van der Waals surface area (Å²) in [4.78, 5) is 14.5. The van der Waals surface area contributed by atoms with Crippen LogP contribution in [0, 0.1) is 0 Å². The highest BCUT2D eigenvalue weighted by molar-refractivity contribution is 5.94. The molecule has 0 aliphatic carbocycles. The molecule has 2 rings (SSSR count). The molecule has 2 heteroatoms. The molecular weight excluding hydrogens is 234 g/mol. The largest absolute Gasteiger partial charge is 0.339 e. The van der Waals surface area contributed by atoms with Gasteiger partial charge >= 0.3 is 0 Å². The summed E-state index contributed by atoms with van der Waals surface area (Å²) in [5, 5.41) is 0. The molecule has 1 aliphatic heterocycles. The van der Waals surface area contributed by atoms with Crippen LogP contribution in [-0.2, 0) is 0 Å². The number of hydrogen-bond acceptors (Lipinski definition) is 1. The maximum atomic E-state index is 12.5. The number of carbonyl (C=O) groups excluding carboxylic acids is 1. The van der Waals surface area contributed by atoms with E-state index in [0.29, 0.717) is 5.92 Å². The normalized spacial score (nSPS) is 15.8. The second-order valence-electron chi connectivity index (χ2n) is 5.49. The summed E-state index contributed by atoms with van der Waals surface area (Å²) in [6, 6.07) is 8.26. The molecule has 1 fully saturated rings. The number of hydrogen-bond donors (Lipinski definition) is 0. The van der Waals surface area contributed by atoms with Gasteiger partial charge in [0.15, 0.2) is 0 Å². The van der Waals surface area contributed by atoms with Gasteiger partial charge in [0.1, 0.15) is 0 Å². The average Bonchev–Trinajstić information content (AvgIpc) is 2.49. The topological polar surface area (TPSA) is 20.3 Å². The molecule has 1 aromatic carbocycles. The average molecular weight is 259 g/mol.